The van der Waals surface area contributed by atoms with Crippen molar-refractivity contribution in [3.05, 3.63) is 12.1 Å². The van der Waals surface area contributed by atoms with Crippen LogP contribution in [0.1, 0.15) is 94.4 Å². The molecular formula is C22H42B2O4. The Morgan fingerprint density at radius 1 is 0.750 bits per heavy atom. The second-order valence-corrected chi connectivity index (χ2v) is 10.6. The molecule has 28 heavy (non-hydrogen) atoms. The summed E-state index contributed by atoms with van der Waals surface area (Å²) < 4.78 is 25.1. The van der Waals surface area contributed by atoms with Gasteiger partial charge in [0.2, 0.25) is 0 Å². The summed E-state index contributed by atoms with van der Waals surface area (Å²) in [7, 11) is -0.594. The van der Waals surface area contributed by atoms with Crippen LogP contribution < -0.4 is 0 Å². The van der Waals surface area contributed by atoms with Gasteiger partial charge in [-0.15, -0.1) is 6.58 Å². The molecule has 2 heterocycles. The van der Waals surface area contributed by atoms with Crippen molar-refractivity contribution in [2.24, 2.45) is 5.92 Å². The third-order valence-corrected chi connectivity index (χ3v) is 7.27. The van der Waals surface area contributed by atoms with Gasteiger partial charge in [-0.1, -0.05) is 32.6 Å². The molecular weight excluding hydrogens is 350 g/mol. The average molecular weight is 392 g/mol. The van der Waals surface area contributed by atoms with Crippen molar-refractivity contribution in [1.29, 1.82) is 0 Å². The molecule has 2 rings (SSSR count). The molecule has 2 aliphatic rings. The number of unbranched alkanes of at least 4 members (excludes halogenated alkanes) is 3. The van der Waals surface area contributed by atoms with Crippen molar-refractivity contribution in [1.82, 2.24) is 0 Å². The molecule has 2 saturated heterocycles. The van der Waals surface area contributed by atoms with Crippen LogP contribution in [0.15, 0.2) is 12.1 Å². The van der Waals surface area contributed by atoms with Crippen LogP contribution in [0, 0.1) is 5.92 Å². The first-order valence-electron chi connectivity index (χ1n) is 11.1. The van der Waals surface area contributed by atoms with Gasteiger partial charge in [0.05, 0.1) is 22.4 Å². The minimum Gasteiger partial charge on any atom is -0.403 e. The molecule has 4 nitrogen and oxygen atoms in total. The van der Waals surface area contributed by atoms with Crippen LogP contribution in [0.3, 0.4) is 0 Å². The zero-order valence-corrected chi connectivity index (χ0v) is 19.8. The summed E-state index contributed by atoms with van der Waals surface area (Å²) >= 11 is 0. The highest BCUT2D eigenvalue weighted by molar-refractivity contribution is 6.55. The summed E-state index contributed by atoms with van der Waals surface area (Å²) in [6.07, 6.45) is 6.78. The third-order valence-electron chi connectivity index (χ3n) is 7.27. The van der Waals surface area contributed by atoms with E-state index < -0.39 is 0 Å². The molecule has 0 radical (unpaired) electrons. The van der Waals surface area contributed by atoms with Gasteiger partial charge in [0, 0.05) is 0 Å². The lowest BCUT2D eigenvalue weighted by Crippen LogP contribution is -2.41. The summed E-state index contributed by atoms with van der Waals surface area (Å²) in [6.45, 7) is 23.4. The van der Waals surface area contributed by atoms with Gasteiger partial charge in [0.15, 0.2) is 0 Å². The van der Waals surface area contributed by atoms with E-state index in [0.717, 1.165) is 18.2 Å². The van der Waals surface area contributed by atoms with Crippen LogP contribution in [0.25, 0.3) is 0 Å². The highest BCUT2D eigenvalue weighted by Gasteiger charge is 2.55. The van der Waals surface area contributed by atoms with E-state index in [2.05, 4.69) is 68.9 Å². The fourth-order valence-electron chi connectivity index (χ4n) is 3.75. The molecule has 0 aliphatic carbocycles. The van der Waals surface area contributed by atoms with E-state index in [9.17, 15) is 0 Å². The highest BCUT2D eigenvalue weighted by Crippen LogP contribution is 2.43. The zero-order valence-electron chi connectivity index (χ0n) is 19.8. The maximum absolute atomic E-state index is 6.28. The van der Waals surface area contributed by atoms with E-state index in [1.54, 1.807) is 0 Å². The van der Waals surface area contributed by atoms with Crippen LogP contribution in [0.5, 0.6) is 0 Å². The zero-order chi connectivity index (χ0) is 21.4. The summed E-state index contributed by atoms with van der Waals surface area (Å²) in [4.78, 5) is 0. The third kappa shape index (κ3) is 5.06. The summed E-state index contributed by atoms with van der Waals surface area (Å²) in [5, 5.41) is 0. The van der Waals surface area contributed by atoms with Crippen LogP contribution in [0.4, 0.5) is 0 Å². The molecule has 1 unspecified atom stereocenters. The molecule has 0 aromatic rings. The first-order chi connectivity index (χ1) is 12.7. The lowest BCUT2D eigenvalue weighted by Gasteiger charge is -2.32. The Balaban J connectivity index is 2.08. The summed E-state index contributed by atoms with van der Waals surface area (Å²) in [5.41, 5.74) is -0.299. The Kier molecular flexibility index (Phi) is 7.24. The molecule has 0 spiro atoms. The van der Waals surface area contributed by atoms with Crippen molar-refractivity contribution < 1.29 is 18.6 Å². The minimum atomic E-state index is -0.372. The molecule has 2 aliphatic heterocycles. The van der Waals surface area contributed by atoms with Crippen LogP contribution >= 0.6 is 0 Å². The number of hydrogen-bond donors (Lipinski definition) is 0. The van der Waals surface area contributed by atoms with Crippen molar-refractivity contribution in [2.45, 2.75) is 123 Å². The topological polar surface area (TPSA) is 36.9 Å². The van der Waals surface area contributed by atoms with E-state index in [1.807, 2.05) is 0 Å². The fourth-order valence-corrected chi connectivity index (χ4v) is 3.75. The molecule has 0 amide bonds. The largest absolute Gasteiger partial charge is 0.490 e. The smallest absolute Gasteiger partial charge is 0.403 e. The first kappa shape index (κ1) is 24.0. The molecule has 0 saturated carbocycles. The van der Waals surface area contributed by atoms with Gasteiger partial charge in [-0.05, 0) is 79.5 Å². The van der Waals surface area contributed by atoms with Gasteiger partial charge < -0.3 is 18.6 Å². The summed E-state index contributed by atoms with van der Waals surface area (Å²) in [6, 6.07) is 0. The standard InChI is InChI=1S/C22H42B2O4/c1-11-12-13-14-15-18(16-23-25-19(3,4)20(5,6)26-23)17(2)24-27-21(7,8)22(9,10)28-24/h18H,2,11-16H2,1,3-10H3. The number of hydrogen-bond acceptors (Lipinski definition) is 4. The van der Waals surface area contributed by atoms with Gasteiger partial charge in [-0.25, -0.2) is 0 Å². The Hall–Kier alpha value is -0.290. The van der Waals surface area contributed by atoms with Gasteiger partial charge >= 0.3 is 14.2 Å². The summed E-state index contributed by atoms with van der Waals surface area (Å²) in [5.74, 6) is 0.251. The predicted octanol–water partition coefficient (Wildman–Crippen LogP) is 5.85. The molecule has 0 aromatic carbocycles. The van der Waals surface area contributed by atoms with Crippen molar-refractivity contribution in [3.63, 3.8) is 0 Å². The Morgan fingerprint density at radius 3 is 1.68 bits per heavy atom. The van der Waals surface area contributed by atoms with Crippen LogP contribution in [0.2, 0.25) is 6.32 Å². The number of allylic oxidation sites excluding steroid dienone is 1. The molecule has 0 bridgehead atoms. The second kappa shape index (κ2) is 8.45. The normalized spacial score (nSPS) is 25.9. The van der Waals surface area contributed by atoms with Crippen LogP contribution in [-0.4, -0.2) is 36.6 Å². The average Bonchev–Trinajstić information content (AvgIpc) is 2.88. The predicted molar refractivity (Wildman–Crippen MR) is 118 cm³/mol. The van der Waals surface area contributed by atoms with Crippen molar-refractivity contribution in [2.75, 3.05) is 0 Å². The molecule has 160 valence electrons. The number of rotatable bonds is 9. The quantitative estimate of drug-likeness (QED) is 0.364. The Bertz CT molecular complexity index is 525. The minimum absolute atomic E-state index is 0.222. The molecule has 6 heteroatoms. The molecule has 0 N–H and O–H groups in total. The maximum atomic E-state index is 6.28. The highest BCUT2D eigenvalue weighted by atomic mass is 16.7. The van der Waals surface area contributed by atoms with E-state index in [0.29, 0.717) is 0 Å². The van der Waals surface area contributed by atoms with Crippen molar-refractivity contribution >= 4 is 14.2 Å². The van der Waals surface area contributed by atoms with Crippen LogP contribution in [-0.2, 0) is 18.6 Å². The first-order valence-corrected chi connectivity index (χ1v) is 11.1. The van der Waals surface area contributed by atoms with Gasteiger partial charge in [-0.2, -0.15) is 0 Å². The van der Waals surface area contributed by atoms with E-state index >= 15 is 0 Å². The Labute approximate surface area is 174 Å². The van der Waals surface area contributed by atoms with Gasteiger partial charge in [-0.3, -0.25) is 0 Å². The van der Waals surface area contributed by atoms with Gasteiger partial charge in [0.1, 0.15) is 0 Å². The van der Waals surface area contributed by atoms with E-state index in [1.165, 1.54) is 25.7 Å². The second-order valence-electron chi connectivity index (χ2n) is 10.6. The molecule has 0 aromatic heterocycles. The lowest BCUT2D eigenvalue weighted by atomic mass is 9.63. The maximum Gasteiger partial charge on any atom is 0.490 e. The monoisotopic (exact) mass is 392 g/mol. The fraction of sp³-hybridized carbons (Fsp3) is 0.909. The van der Waals surface area contributed by atoms with E-state index in [4.69, 9.17) is 18.6 Å². The Morgan fingerprint density at radius 2 is 1.21 bits per heavy atom. The molecule has 1 atom stereocenters. The van der Waals surface area contributed by atoms with Crippen molar-refractivity contribution in [3.8, 4) is 0 Å². The SMILES string of the molecule is C=C(B1OC(C)(C)C(C)(C)O1)C(CCCCCC)CB1OC(C)(C)C(C)(C)O1. The lowest BCUT2D eigenvalue weighted by molar-refractivity contribution is 0.00578. The van der Waals surface area contributed by atoms with Gasteiger partial charge in [0.25, 0.3) is 0 Å². The van der Waals surface area contributed by atoms with E-state index in [-0.39, 0.29) is 42.6 Å². The molecule has 2 fully saturated rings.